The number of hydrogen-bond donors (Lipinski definition) is 0. The van der Waals surface area contributed by atoms with Crippen molar-refractivity contribution < 1.29 is 0 Å². The summed E-state index contributed by atoms with van der Waals surface area (Å²) >= 11 is 0. The van der Waals surface area contributed by atoms with E-state index in [1.54, 1.807) is 0 Å². The molecule has 0 saturated heterocycles. The Labute approximate surface area is 278 Å². The smallest absolute Gasteiger partial charge is 0.145 e. The molecule has 4 nitrogen and oxygen atoms in total. The summed E-state index contributed by atoms with van der Waals surface area (Å²) in [5.74, 6) is 0.959. The van der Waals surface area contributed by atoms with Crippen molar-refractivity contribution in [2.24, 2.45) is 0 Å². The van der Waals surface area contributed by atoms with Crippen molar-refractivity contribution in [2.45, 2.75) is 6.92 Å². The minimum absolute atomic E-state index is 0.824. The first-order valence-electron chi connectivity index (χ1n) is 16.6. The highest BCUT2D eigenvalue weighted by Crippen LogP contribution is 2.52. The molecule has 48 heavy (non-hydrogen) atoms. The van der Waals surface area contributed by atoms with Crippen LogP contribution >= 0.6 is 0 Å². The molecule has 226 valence electrons. The molecule has 0 radical (unpaired) electrons. The number of anilines is 2. The SMILES string of the molecule is CCN1c2c(-c3c4ccccc4c(-c4cccc5cccnc45)c4ccccc34)cccc2-n2c(-c3ccccc3)nc3cccc1c32. The van der Waals surface area contributed by atoms with E-state index in [2.05, 4.69) is 156 Å². The van der Waals surface area contributed by atoms with E-state index in [1.807, 2.05) is 12.3 Å². The fourth-order valence-electron chi connectivity index (χ4n) is 8.00. The topological polar surface area (TPSA) is 34.0 Å². The molecule has 9 aromatic rings. The quantitative estimate of drug-likeness (QED) is 0.185. The van der Waals surface area contributed by atoms with E-state index in [9.17, 15) is 0 Å². The predicted molar refractivity (Wildman–Crippen MR) is 200 cm³/mol. The van der Waals surface area contributed by atoms with Crippen LogP contribution in [0.5, 0.6) is 0 Å². The third-order valence-electron chi connectivity index (χ3n) is 9.92. The summed E-state index contributed by atoms with van der Waals surface area (Å²) in [7, 11) is 0. The van der Waals surface area contributed by atoms with Crippen molar-refractivity contribution in [3.63, 3.8) is 0 Å². The number of hydrogen-bond acceptors (Lipinski definition) is 3. The van der Waals surface area contributed by atoms with Gasteiger partial charge in [-0.2, -0.15) is 0 Å². The van der Waals surface area contributed by atoms with Gasteiger partial charge in [0.2, 0.25) is 0 Å². The number of pyridine rings is 1. The van der Waals surface area contributed by atoms with Gasteiger partial charge in [0.15, 0.2) is 0 Å². The van der Waals surface area contributed by atoms with Crippen LogP contribution in [0.3, 0.4) is 0 Å². The van der Waals surface area contributed by atoms with Crippen molar-refractivity contribution in [1.29, 1.82) is 0 Å². The highest BCUT2D eigenvalue weighted by Gasteiger charge is 2.31. The Kier molecular flexibility index (Phi) is 5.82. The lowest BCUT2D eigenvalue weighted by atomic mass is 9.84. The second-order valence-corrected chi connectivity index (χ2v) is 12.4. The lowest BCUT2D eigenvalue weighted by molar-refractivity contribution is 0.975. The fourth-order valence-corrected chi connectivity index (χ4v) is 8.00. The van der Waals surface area contributed by atoms with Crippen molar-refractivity contribution in [2.75, 3.05) is 11.4 Å². The van der Waals surface area contributed by atoms with E-state index in [4.69, 9.17) is 9.97 Å². The molecule has 0 saturated carbocycles. The highest BCUT2D eigenvalue weighted by atomic mass is 15.2. The zero-order valence-electron chi connectivity index (χ0n) is 26.4. The van der Waals surface area contributed by atoms with Crippen molar-refractivity contribution in [3.8, 4) is 39.3 Å². The van der Waals surface area contributed by atoms with Gasteiger partial charge in [-0.25, -0.2) is 4.98 Å². The summed E-state index contributed by atoms with van der Waals surface area (Å²) in [5, 5.41) is 6.03. The van der Waals surface area contributed by atoms with Gasteiger partial charge in [0.25, 0.3) is 0 Å². The summed E-state index contributed by atoms with van der Waals surface area (Å²) < 4.78 is 2.38. The van der Waals surface area contributed by atoms with E-state index in [0.717, 1.165) is 51.1 Å². The minimum Gasteiger partial charge on any atom is -0.338 e. The molecule has 0 fully saturated rings. The van der Waals surface area contributed by atoms with Gasteiger partial charge in [0.1, 0.15) is 5.82 Å². The Morgan fingerprint density at radius 2 is 1.15 bits per heavy atom. The molecular weight excluding hydrogens is 585 g/mol. The number of para-hydroxylation sites is 3. The fraction of sp³-hybridized carbons (Fsp3) is 0.0455. The van der Waals surface area contributed by atoms with E-state index < -0.39 is 0 Å². The molecule has 0 amide bonds. The molecule has 1 aliphatic rings. The van der Waals surface area contributed by atoms with Crippen molar-refractivity contribution in [3.05, 3.63) is 152 Å². The molecule has 10 rings (SSSR count). The summed E-state index contributed by atoms with van der Waals surface area (Å²) in [6, 6.07) is 52.3. The second-order valence-electron chi connectivity index (χ2n) is 12.4. The van der Waals surface area contributed by atoms with Crippen molar-refractivity contribution in [1.82, 2.24) is 14.5 Å². The standard InChI is InChI=1S/C44H30N4/c1-2-47-37-25-12-24-36-43(37)48(44(46-36)29-14-4-3-5-15-29)38-26-11-23-35(42(38)47)40-32-20-8-6-18-30(32)39(31-19-7-9-21-33(31)40)34-22-10-16-28-17-13-27-45-41(28)34/h3-27H,2H2,1H3. The lowest BCUT2D eigenvalue weighted by Crippen LogP contribution is -2.23. The average Bonchev–Trinajstić information content (AvgIpc) is 3.55. The van der Waals surface area contributed by atoms with Gasteiger partial charge in [-0.1, -0.05) is 121 Å². The molecule has 0 N–H and O–H groups in total. The highest BCUT2D eigenvalue weighted by molar-refractivity contribution is 6.24. The summed E-state index contributed by atoms with van der Waals surface area (Å²) in [5.41, 5.74) is 12.6. The first-order valence-corrected chi connectivity index (χ1v) is 16.6. The van der Waals surface area contributed by atoms with Gasteiger partial charge < -0.3 is 4.90 Å². The zero-order chi connectivity index (χ0) is 31.8. The van der Waals surface area contributed by atoms with E-state index in [0.29, 0.717) is 0 Å². The normalized spacial score (nSPS) is 12.3. The molecule has 3 heterocycles. The average molecular weight is 615 g/mol. The first-order chi connectivity index (χ1) is 23.8. The van der Waals surface area contributed by atoms with Crippen LogP contribution in [0, 0.1) is 0 Å². The predicted octanol–water partition coefficient (Wildman–Crippen LogP) is 11.4. The van der Waals surface area contributed by atoms with Crippen LogP contribution in [0.2, 0.25) is 0 Å². The van der Waals surface area contributed by atoms with E-state index in [1.165, 1.54) is 49.6 Å². The molecule has 0 unspecified atom stereocenters. The maximum Gasteiger partial charge on any atom is 0.145 e. The molecule has 0 atom stereocenters. The van der Waals surface area contributed by atoms with E-state index in [-0.39, 0.29) is 0 Å². The molecule has 4 heteroatoms. The number of rotatable bonds is 4. The molecule has 2 aromatic heterocycles. The van der Waals surface area contributed by atoms with Crippen LogP contribution in [-0.4, -0.2) is 21.1 Å². The van der Waals surface area contributed by atoms with E-state index >= 15 is 0 Å². The van der Waals surface area contributed by atoms with Gasteiger partial charge in [-0.3, -0.25) is 9.55 Å². The van der Waals surface area contributed by atoms with Crippen LogP contribution < -0.4 is 4.90 Å². The Balaban J connectivity index is 1.34. The monoisotopic (exact) mass is 614 g/mol. The largest absolute Gasteiger partial charge is 0.338 e. The van der Waals surface area contributed by atoms with Crippen LogP contribution in [-0.2, 0) is 0 Å². The van der Waals surface area contributed by atoms with Gasteiger partial charge in [0.05, 0.1) is 33.6 Å². The van der Waals surface area contributed by atoms with Crippen LogP contribution in [0.25, 0.3) is 82.8 Å². The molecule has 0 aliphatic carbocycles. The van der Waals surface area contributed by atoms with Gasteiger partial charge in [-0.05, 0) is 63.9 Å². The van der Waals surface area contributed by atoms with Crippen molar-refractivity contribution >= 4 is 54.9 Å². The second kappa shape index (κ2) is 10.4. The Bertz CT molecular complexity index is 2660. The lowest BCUT2D eigenvalue weighted by Gasteiger charge is -2.34. The van der Waals surface area contributed by atoms with Gasteiger partial charge in [-0.15, -0.1) is 0 Å². The number of aromatic nitrogens is 3. The third-order valence-corrected chi connectivity index (χ3v) is 9.92. The number of fused-ring (bicyclic) bond motifs is 5. The first kappa shape index (κ1) is 26.9. The summed E-state index contributed by atoms with van der Waals surface area (Å²) in [6.45, 7) is 3.07. The van der Waals surface area contributed by atoms with Crippen LogP contribution in [0.4, 0.5) is 11.4 Å². The number of benzene rings is 7. The molecular formula is C44H30N4. The Morgan fingerprint density at radius 1 is 0.542 bits per heavy atom. The van der Waals surface area contributed by atoms with Gasteiger partial charge >= 0.3 is 0 Å². The summed E-state index contributed by atoms with van der Waals surface area (Å²) in [6.07, 6.45) is 1.90. The maximum absolute atomic E-state index is 5.22. The molecule has 0 bridgehead atoms. The zero-order valence-corrected chi connectivity index (χ0v) is 26.4. The number of imidazole rings is 1. The van der Waals surface area contributed by atoms with Crippen LogP contribution in [0.15, 0.2) is 152 Å². The third kappa shape index (κ3) is 3.71. The minimum atomic E-state index is 0.824. The maximum atomic E-state index is 5.22. The number of nitrogens with zero attached hydrogens (tertiary/aromatic N) is 4. The molecule has 7 aromatic carbocycles. The van der Waals surface area contributed by atoms with Crippen LogP contribution in [0.1, 0.15) is 6.92 Å². The Hall–Kier alpha value is -6.26. The molecule has 0 spiro atoms. The summed E-state index contributed by atoms with van der Waals surface area (Å²) in [4.78, 5) is 12.6. The molecule has 1 aliphatic heterocycles. The Morgan fingerprint density at radius 3 is 1.88 bits per heavy atom. The van der Waals surface area contributed by atoms with Gasteiger partial charge in [0, 0.05) is 34.8 Å².